The summed E-state index contributed by atoms with van der Waals surface area (Å²) in [6, 6.07) is 0.766. The standard InChI is InChI=1S/C9H11NO4/c1-6(11)10-8(9(12)13)4-7-2-3-14-5-7/h2-3,5,8H,4H2,1H3,(H,10,11)(H,12,13)/t8-/m0/s1. The van der Waals surface area contributed by atoms with Gasteiger partial charge in [-0.25, -0.2) is 4.79 Å². The fourth-order valence-corrected chi connectivity index (χ4v) is 1.09. The third kappa shape index (κ3) is 2.93. The molecule has 0 radical (unpaired) electrons. The van der Waals surface area contributed by atoms with Crippen LogP contribution in [0.25, 0.3) is 0 Å². The van der Waals surface area contributed by atoms with Gasteiger partial charge in [0.05, 0.1) is 12.5 Å². The Kier molecular flexibility index (Phi) is 3.28. The van der Waals surface area contributed by atoms with E-state index < -0.39 is 12.0 Å². The van der Waals surface area contributed by atoms with E-state index in [1.54, 1.807) is 6.07 Å². The van der Waals surface area contributed by atoms with Crippen LogP contribution in [0.3, 0.4) is 0 Å². The van der Waals surface area contributed by atoms with Crippen molar-refractivity contribution in [3.63, 3.8) is 0 Å². The smallest absolute Gasteiger partial charge is 0.326 e. The normalized spacial score (nSPS) is 12.1. The van der Waals surface area contributed by atoms with Gasteiger partial charge in [-0.15, -0.1) is 0 Å². The summed E-state index contributed by atoms with van der Waals surface area (Å²) in [5.41, 5.74) is 0.742. The zero-order valence-corrected chi connectivity index (χ0v) is 7.69. The summed E-state index contributed by atoms with van der Waals surface area (Å²) < 4.78 is 4.79. The number of carbonyl (C=O) groups is 2. The van der Waals surface area contributed by atoms with Gasteiger partial charge in [0.15, 0.2) is 0 Å². The fourth-order valence-electron chi connectivity index (χ4n) is 1.09. The molecular weight excluding hydrogens is 186 g/mol. The number of hydrogen-bond donors (Lipinski definition) is 2. The molecule has 1 aromatic heterocycles. The SMILES string of the molecule is CC(=O)N[C@@H](Cc1ccoc1)C(=O)O. The summed E-state index contributed by atoms with van der Waals surface area (Å²) in [6.45, 7) is 1.28. The largest absolute Gasteiger partial charge is 0.480 e. The molecule has 0 aliphatic carbocycles. The molecule has 1 aromatic rings. The quantitative estimate of drug-likeness (QED) is 0.732. The predicted octanol–water partition coefficient (Wildman–Crippen LogP) is 0.411. The average molecular weight is 197 g/mol. The van der Waals surface area contributed by atoms with Crippen LogP contribution in [0.5, 0.6) is 0 Å². The number of carbonyl (C=O) groups excluding carboxylic acids is 1. The average Bonchev–Trinajstić information content (AvgIpc) is 2.54. The van der Waals surface area contributed by atoms with Crippen LogP contribution in [-0.4, -0.2) is 23.0 Å². The van der Waals surface area contributed by atoms with Gasteiger partial charge in [0.2, 0.25) is 5.91 Å². The van der Waals surface area contributed by atoms with E-state index in [4.69, 9.17) is 9.52 Å². The van der Waals surface area contributed by atoms with Crippen molar-refractivity contribution in [1.82, 2.24) is 5.32 Å². The van der Waals surface area contributed by atoms with Crippen LogP contribution < -0.4 is 5.32 Å². The second-order valence-corrected chi connectivity index (χ2v) is 2.93. The summed E-state index contributed by atoms with van der Waals surface area (Å²) >= 11 is 0. The summed E-state index contributed by atoms with van der Waals surface area (Å²) in [6.07, 6.45) is 3.14. The minimum Gasteiger partial charge on any atom is -0.480 e. The lowest BCUT2D eigenvalue weighted by atomic mass is 10.1. The van der Waals surface area contributed by atoms with Crippen molar-refractivity contribution in [2.75, 3.05) is 0 Å². The van der Waals surface area contributed by atoms with Gasteiger partial charge in [-0.1, -0.05) is 0 Å². The lowest BCUT2D eigenvalue weighted by molar-refractivity contribution is -0.141. The summed E-state index contributed by atoms with van der Waals surface area (Å²) in [4.78, 5) is 21.4. The van der Waals surface area contributed by atoms with Crippen molar-refractivity contribution in [2.24, 2.45) is 0 Å². The first-order valence-corrected chi connectivity index (χ1v) is 4.10. The Morgan fingerprint density at radius 3 is 2.79 bits per heavy atom. The Balaban J connectivity index is 2.60. The van der Waals surface area contributed by atoms with E-state index in [1.807, 2.05) is 0 Å². The molecule has 0 spiro atoms. The molecule has 0 saturated heterocycles. The van der Waals surface area contributed by atoms with Crippen LogP contribution in [0.2, 0.25) is 0 Å². The van der Waals surface area contributed by atoms with Crippen LogP contribution in [0, 0.1) is 0 Å². The molecule has 76 valence electrons. The molecule has 2 N–H and O–H groups in total. The van der Waals surface area contributed by atoms with Crippen LogP contribution in [0.4, 0.5) is 0 Å². The summed E-state index contributed by atoms with van der Waals surface area (Å²) in [5, 5.41) is 11.1. The molecule has 0 aliphatic rings. The number of aliphatic carboxylic acids is 1. The number of furan rings is 1. The van der Waals surface area contributed by atoms with Crippen molar-refractivity contribution in [3.8, 4) is 0 Å². The van der Waals surface area contributed by atoms with Crippen LogP contribution in [-0.2, 0) is 16.0 Å². The number of carboxylic acid groups (broad SMARTS) is 1. The Labute approximate surface area is 80.7 Å². The molecule has 1 amide bonds. The molecular formula is C9H11NO4. The molecule has 0 aliphatic heterocycles. The predicted molar refractivity (Wildman–Crippen MR) is 47.7 cm³/mol. The first kappa shape index (κ1) is 10.3. The maximum atomic E-state index is 10.7. The van der Waals surface area contributed by atoms with Crippen LogP contribution in [0.15, 0.2) is 23.0 Å². The number of nitrogens with one attached hydrogen (secondary N) is 1. The zero-order chi connectivity index (χ0) is 10.6. The molecule has 14 heavy (non-hydrogen) atoms. The van der Waals surface area contributed by atoms with Crippen molar-refractivity contribution >= 4 is 11.9 Å². The van der Waals surface area contributed by atoms with Crippen molar-refractivity contribution < 1.29 is 19.1 Å². The van der Waals surface area contributed by atoms with E-state index in [1.165, 1.54) is 19.5 Å². The van der Waals surface area contributed by atoms with E-state index in [9.17, 15) is 9.59 Å². The third-order valence-corrected chi connectivity index (χ3v) is 1.70. The lowest BCUT2D eigenvalue weighted by Crippen LogP contribution is -2.41. The van der Waals surface area contributed by atoms with Crippen LogP contribution in [0.1, 0.15) is 12.5 Å². The summed E-state index contributed by atoms with van der Waals surface area (Å²) in [7, 11) is 0. The maximum Gasteiger partial charge on any atom is 0.326 e. The van der Waals surface area contributed by atoms with Crippen LogP contribution >= 0.6 is 0 Å². The van der Waals surface area contributed by atoms with E-state index in [-0.39, 0.29) is 12.3 Å². The van der Waals surface area contributed by atoms with Crippen molar-refractivity contribution in [2.45, 2.75) is 19.4 Å². The van der Waals surface area contributed by atoms with E-state index in [0.717, 1.165) is 5.56 Å². The van der Waals surface area contributed by atoms with Crippen molar-refractivity contribution in [1.29, 1.82) is 0 Å². The van der Waals surface area contributed by atoms with E-state index >= 15 is 0 Å². The third-order valence-electron chi connectivity index (χ3n) is 1.70. The maximum absolute atomic E-state index is 10.7. The topological polar surface area (TPSA) is 79.5 Å². The second kappa shape index (κ2) is 4.45. The monoisotopic (exact) mass is 197 g/mol. The lowest BCUT2D eigenvalue weighted by Gasteiger charge is -2.11. The Hall–Kier alpha value is -1.78. The van der Waals surface area contributed by atoms with Gasteiger partial charge in [0.25, 0.3) is 0 Å². The second-order valence-electron chi connectivity index (χ2n) is 2.93. The van der Waals surface area contributed by atoms with Gasteiger partial charge < -0.3 is 14.8 Å². The van der Waals surface area contributed by atoms with E-state index in [2.05, 4.69) is 5.32 Å². The molecule has 0 bridgehead atoms. The number of hydrogen-bond acceptors (Lipinski definition) is 3. The number of rotatable bonds is 4. The molecule has 1 atom stereocenters. The molecule has 0 fully saturated rings. The van der Waals surface area contributed by atoms with Gasteiger partial charge in [-0.05, 0) is 11.6 Å². The highest BCUT2D eigenvalue weighted by Crippen LogP contribution is 2.04. The molecule has 0 saturated carbocycles. The van der Waals surface area contributed by atoms with Gasteiger partial charge in [-0.2, -0.15) is 0 Å². The summed E-state index contributed by atoms with van der Waals surface area (Å²) in [5.74, 6) is -1.41. The highest BCUT2D eigenvalue weighted by molar-refractivity contribution is 5.82. The zero-order valence-electron chi connectivity index (χ0n) is 7.69. The Morgan fingerprint density at radius 1 is 1.64 bits per heavy atom. The first-order chi connectivity index (χ1) is 6.59. The van der Waals surface area contributed by atoms with Gasteiger partial charge in [-0.3, -0.25) is 4.79 Å². The van der Waals surface area contributed by atoms with Gasteiger partial charge in [0.1, 0.15) is 6.04 Å². The molecule has 0 aromatic carbocycles. The Morgan fingerprint density at radius 2 is 2.36 bits per heavy atom. The van der Waals surface area contributed by atoms with Gasteiger partial charge in [0, 0.05) is 13.3 Å². The van der Waals surface area contributed by atoms with E-state index in [0.29, 0.717) is 0 Å². The highest BCUT2D eigenvalue weighted by Gasteiger charge is 2.18. The minimum absolute atomic E-state index is 0.228. The van der Waals surface area contributed by atoms with Gasteiger partial charge >= 0.3 is 5.97 Å². The molecule has 5 nitrogen and oxygen atoms in total. The van der Waals surface area contributed by atoms with Crippen molar-refractivity contribution in [3.05, 3.63) is 24.2 Å². The number of carboxylic acids is 1. The molecule has 1 heterocycles. The molecule has 5 heteroatoms. The molecule has 1 rings (SSSR count). The first-order valence-electron chi connectivity index (χ1n) is 4.10. The molecule has 0 unspecified atom stereocenters. The fraction of sp³-hybridized carbons (Fsp3) is 0.333. The highest BCUT2D eigenvalue weighted by atomic mass is 16.4. The Bertz CT molecular complexity index is 318. The minimum atomic E-state index is -1.05. The number of amides is 1.